The fourth-order valence-corrected chi connectivity index (χ4v) is 4.64. The first kappa shape index (κ1) is 22.0. The van der Waals surface area contributed by atoms with Crippen molar-refractivity contribution in [1.82, 2.24) is 0 Å². The van der Waals surface area contributed by atoms with Crippen molar-refractivity contribution in [3.05, 3.63) is 40.7 Å². The number of ketones is 1. The van der Waals surface area contributed by atoms with E-state index in [1.165, 1.54) is 25.1 Å². The molecule has 1 aromatic rings. The Bertz CT molecular complexity index is 753. The summed E-state index contributed by atoms with van der Waals surface area (Å²) >= 11 is 0. The fourth-order valence-electron chi connectivity index (χ4n) is 4.64. The van der Waals surface area contributed by atoms with Gasteiger partial charge in [-0.25, -0.2) is 4.39 Å². The van der Waals surface area contributed by atoms with Crippen molar-refractivity contribution in [2.45, 2.75) is 64.7 Å². The van der Waals surface area contributed by atoms with E-state index in [0.29, 0.717) is 18.4 Å². The molecule has 2 nitrogen and oxygen atoms in total. The van der Waals surface area contributed by atoms with Gasteiger partial charge in [0.1, 0.15) is 11.9 Å². The van der Waals surface area contributed by atoms with Crippen LogP contribution in [-0.2, 0) is 15.7 Å². The average molecular weight is 412 g/mol. The van der Waals surface area contributed by atoms with Crippen LogP contribution >= 0.6 is 0 Å². The number of alkyl halides is 3. The monoisotopic (exact) mass is 412 g/mol. The Morgan fingerprint density at radius 2 is 1.72 bits per heavy atom. The minimum absolute atomic E-state index is 0.00306. The largest absolute Gasteiger partial charge is 0.419 e. The lowest BCUT2D eigenvalue weighted by molar-refractivity contribution is -0.140. The molecule has 2 fully saturated rings. The Morgan fingerprint density at radius 3 is 2.28 bits per heavy atom. The summed E-state index contributed by atoms with van der Waals surface area (Å²) in [5.74, 6) is 0.0902. The van der Waals surface area contributed by atoms with Crippen LogP contribution in [0.1, 0.15) is 62.1 Å². The minimum Gasteiger partial charge on any atom is -0.370 e. The minimum atomic E-state index is -4.72. The molecular formula is C23H28F4O2. The molecule has 0 N–H and O–H groups in total. The number of benzene rings is 1. The zero-order valence-corrected chi connectivity index (χ0v) is 16.9. The fraction of sp³-hybridized carbons (Fsp3) is 0.609. The molecule has 3 rings (SSSR count). The number of hydrogen-bond acceptors (Lipinski definition) is 2. The Balaban J connectivity index is 1.58. The zero-order chi connectivity index (χ0) is 21.2. The lowest BCUT2D eigenvalue weighted by Gasteiger charge is -2.36. The highest BCUT2D eigenvalue weighted by molar-refractivity contribution is 5.80. The van der Waals surface area contributed by atoms with Gasteiger partial charge in [-0.05, 0) is 81.3 Å². The molecule has 2 atom stereocenters. The number of aryl methyl sites for hydroxylation is 1. The molecule has 2 unspecified atom stereocenters. The van der Waals surface area contributed by atoms with E-state index in [-0.39, 0.29) is 28.9 Å². The third-order valence-electron chi connectivity index (χ3n) is 6.45. The van der Waals surface area contributed by atoms with Crippen molar-refractivity contribution in [3.63, 3.8) is 0 Å². The van der Waals surface area contributed by atoms with Gasteiger partial charge >= 0.3 is 6.18 Å². The molecule has 1 heterocycles. The van der Waals surface area contributed by atoms with E-state index in [2.05, 4.69) is 0 Å². The first-order valence-electron chi connectivity index (χ1n) is 10.3. The van der Waals surface area contributed by atoms with Crippen LogP contribution in [0, 0.1) is 30.5 Å². The van der Waals surface area contributed by atoms with Crippen molar-refractivity contribution in [1.29, 1.82) is 0 Å². The van der Waals surface area contributed by atoms with Crippen LogP contribution in [0.15, 0.2) is 18.2 Å². The number of hydrogen-bond donors (Lipinski definition) is 0. The Labute approximate surface area is 169 Å². The van der Waals surface area contributed by atoms with E-state index >= 15 is 0 Å². The van der Waals surface area contributed by atoms with Crippen molar-refractivity contribution >= 4 is 11.9 Å². The second-order valence-corrected chi connectivity index (χ2v) is 8.46. The van der Waals surface area contributed by atoms with Gasteiger partial charge in [0, 0.05) is 0 Å². The number of allylic oxidation sites excluding steroid dienone is 1. The van der Waals surface area contributed by atoms with E-state index in [0.717, 1.165) is 38.5 Å². The molecule has 6 heteroatoms. The van der Waals surface area contributed by atoms with Gasteiger partial charge in [0.2, 0.25) is 0 Å². The molecule has 0 amide bonds. The molecule has 1 aromatic carbocycles. The first-order chi connectivity index (χ1) is 13.7. The lowest BCUT2D eigenvalue weighted by atomic mass is 9.73. The van der Waals surface area contributed by atoms with E-state index < -0.39 is 17.6 Å². The summed E-state index contributed by atoms with van der Waals surface area (Å²) in [4.78, 5) is 11.4. The number of carbonyl (C=O) groups excluding carboxylic acids is 1. The third-order valence-corrected chi connectivity index (χ3v) is 6.45. The van der Waals surface area contributed by atoms with E-state index in [9.17, 15) is 22.4 Å². The van der Waals surface area contributed by atoms with E-state index in [1.54, 1.807) is 13.0 Å². The van der Waals surface area contributed by atoms with Crippen LogP contribution in [0.3, 0.4) is 0 Å². The van der Waals surface area contributed by atoms with Crippen LogP contribution in [0.4, 0.5) is 17.6 Å². The standard InChI is InChI=1S/C23H28F4O2/c1-14-3-7-18(21(22(14)24)23(25,26)27)10-6-16-4-8-17(9-5-16)19-11-12-20(15(2)28)29-13-19/h3,6-7,10,16-17,19-20H,4-5,8-9,11-13H2,1-2H3/b10-6+. The van der Waals surface area contributed by atoms with Gasteiger partial charge in [-0.15, -0.1) is 0 Å². The second-order valence-electron chi connectivity index (χ2n) is 8.46. The average Bonchev–Trinajstić information content (AvgIpc) is 2.68. The summed E-state index contributed by atoms with van der Waals surface area (Å²) in [7, 11) is 0. The molecule has 0 spiro atoms. The van der Waals surface area contributed by atoms with Gasteiger partial charge in [0.05, 0.1) is 12.2 Å². The Kier molecular flexibility index (Phi) is 6.82. The van der Waals surface area contributed by atoms with Crippen LogP contribution in [0.5, 0.6) is 0 Å². The summed E-state index contributed by atoms with van der Waals surface area (Å²) < 4.78 is 59.6. The number of ether oxygens (including phenoxy) is 1. The highest BCUT2D eigenvalue weighted by atomic mass is 19.4. The number of Topliss-reactive ketones (excluding diaryl/α,β-unsaturated/α-hetero) is 1. The lowest BCUT2D eigenvalue weighted by Crippen LogP contribution is -2.35. The maximum atomic E-state index is 14.1. The highest BCUT2D eigenvalue weighted by Crippen LogP contribution is 2.39. The van der Waals surface area contributed by atoms with Crippen LogP contribution in [0.2, 0.25) is 0 Å². The molecule has 1 saturated heterocycles. The number of rotatable bonds is 4. The summed E-state index contributed by atoms with van der Waals surface area (Å²) in [6.07, 6.45) is 3.84. The quantitative estimate of drug-likeness (QED) is 0.538. The van der Waals surface area contributed by atoms with Gasteiger partial charge in [-0.2, -0.15) is 13.2 Å². The molecule has 1 aliphatic carbocycles. The molecule has 0 radical (unpaired) electrons. The molecule has 29 heavy (non-hydrogen) atoms. The van der Waals surface area contributed by atoms with Gasteiger partial charge in [0.15, 0.2) is 5.78 Å². The SMILES string of the molecule is CC(=O)C1CCC(C2CCC(/C=C/c3ccc(C)c(F)c3C(F)(F)F)CC2)CO1. The Hall–Kier alpha value is -1.69. The van der Waals surface area contributed by atoms with Crippen molar-refractivity contribution in [3.8, 4) is 0 Å². The van der Waals surface area contributed by atoms with Gasteiger partial charge < -0.3 is 4.74 Å². The smallest absolute Gasteiger partial charge is 0.370 e. The predicted molar refractivity (Wildman–Crippen MR) is 104 cm³/mol. The number of halogens is 4. The van der Waals surface area contributed by atoms with Crippen molar-refractivity contribution < 1.29 is 27.1 Å². The van der Waals surface area contributed by atoms with E-state index in [1.807, 2.05) is 0 Å². The maximum Gasteiger partial charge on any atom is 0.419 e. The molecule has 2 aliphatic rings. The molecule has 1 saturated carbocycles. The topological polar surface area (TPSA) is 26.3 Å². The number of carbonyl (C=O) groups is 1. The van der Waals surface area contributed by atoms with Gasteiger partial charge in [0.25, 0.3) is 0 Å². The summed E-state index contributed by atoms with van der Waals surface area (Å²) in [5, 5.41) is 0. The molecular weight excluding hydrogens is 384 g/mol. The molecule has 1 aliphatic heterocycles. The van der Waals surface area contributed by atoms with Crippen molar-refractivity contribution in [2.75, 3.05) is 6.61 Å². The maximum absolute atomic E-state index is 14.1. The molecule has 160 valence electrons. The van der Waals surface area contributed by atoms with Crippen LogP contribution in [0.25, 0.3) is 6.08 Å². The third kappa shape index (κ3) is 5.27. The Morgan fingerprint density at radius 1 is 1.07 bits per heavy atom. The second kappa shape index (κ2) is 8.99. The van der Waals surface area contributed by atoms with Crippen LogP contribution in [-0.4, -0.2) is 18.5 Å². The predicted octanol–water partition coefficient (Wildman–Crippen LogP) is 6.36. The summed E-state index contributed by atoms with van der Waals surface area (Å²) in [6.45, 7) is 3.52. The van der Waals surface area contributed by atoms with Crippen molar-refractivity contribution in [2.24, 2.45) is 17.8 Å². The van der Waals surface area contributed by atoms with Crippen LogP contribution < -0.4 is 0 Å². The molecule has 0 bridgehead atoms. The summed E-state index contributed by atoms with van der Waals surface area (Å²) in [6, 6.07) is 2.73. The highest BCUT2D eigenvalue weighted by Gasteiger charge is 2.37. The van der Waals surface area contributed by atoms with Gasteiger partial charge in [-0.1, -0.05) is 24.3 Å². The normalized spacial score (nSPS) is 28.6. The van der Waals surface area contributed by atoms with E-state index in [4.69, 9.17) is 4.74 Å². The zero-order valence-electron chi connectivity index (χ0n) is 16.9. The molecule has 0 aromatic heterocycles. The summed E-state index contributed by atoms with van der Waals surface area (Å²) in [5.41, 5.74) is -1.29. The van der Waals surface area contributed by atoms with Gasteiger partial charge in [-0.3, -0.25) is 4.79 Å². The first-order valence-corrected chi connectivity index (χ1v) is 10.3.